The molecule has 12 heteroatoms. The van der Waals surface area contributed by atoms with Gasteiger partial charge in [0.2, 0.25) is 10.0 Å². The third kappa shape index (κ3) is 6.60. The zero-order chi connectivity index (χ0) is 28.4. The van der Waals surface area contributed by atoms with Crippen molar-refractivity contribution in [2.24, 2.45) is 0 Å². The maximum absolute atomic E-state index is 13.5. The van der Waals surface area contributed by atoms with Gasteiger partial charge in [-0.05, 0) is 54.8 Å². The fourth-order valence-electron chi connectivity index (χ4n) is 4.38. The smallest absolute Gasteiger partial charge is 0.418 e. The molecule has 4 rings (SSSR count). The van der Waals surface area contributed by atoms with Gasteiger partial charge < -0.3 is 10.1 Å². The molecule has 0 spiro atoms. The third-order valence-electron chi connectivity index (χ3n) is 6.28. The summed E-state index contributed by atoms with van der Waals surface area (Å²) >= 11 is 5.65. The summed E-state index contributed by atoms with van der Waals surface area (Å²) in [5.74, 6) is -1.88. The van der Waals surface area contributed by atoms with Crippen LogP contribution in [0.4, 0.5) is 18.9 Å². The molecule has 0 saturated carbocycles. The van der Waals surface area contributed by atoms with E-state index in [4.69, 9.17) is 16.3 Å². The van der Waals surface area contributed by atoms with E-state index in [-0.39, 0.29) is 16.5 Å². The van der Waals surface area contributed by atoms with Gasteiger partial charge in [0.15, 0.2) is 6.61 Å². The maximum atomic E-state index is 13.5. The summed E-state index contributed by atoms with van der Waals surface area (Å²) in [7, 11) is -3.98. The molecule has 1 amide bonds. The van der Waals surface area contributed by atoms with Crippen LogP contribution in [0.2, 0.25) is 5.02 Å². The molecule has 1 aliphatic heterocycles. The summed E-state index contributed by atoms with van der Waals surface area (Å²) in [6, 6.07) is 15.4. The summed E-state index contributed by atoms with van der Waals surface area (Å²) < 4.78 is 73.2. The average molecular weight is 581 g/mol. The number of carbonyl (C=O) groups excluding carboxylic acids is 2. The number of nitrogens with zero attached hydrogens (tertiary/aromatic N) is 1. The van der Waals surface area contributed by atoms with Crippen LogP contribution in [0.5, 0.6) is 0 Å². The molecule has 0 aliphatic carbocycles. The van der Waals surface area contributed by atoms with Crippen molar-refractivity contribution in [1.82, 2.24) is 4.31 Å². The molecule has 1 heterocycles. The number of esters is 1. The van der Waals surface area contributed by atoms with Gasteiger partial charge >= 0.3 is 12.1 Å². The molecule has 0 radical (unpaired) electrons. The predicted molar refractivity (Wildman–Crippen MR) is 139 cm³/mol. The number of ether oxygens (including phenoxy) is 1. The number of sulfonamides is 1. The summed E-state index contributed by atoms with van der Waals surface area (Å²) in [5.41, 5.74) is 0.718. The van der Waals surface area contributed by atoms with Gasteiger partial charge in [-0.15, -0.1) is 0 Å². The molecule has 1 aliphatic rings. The lowest BCUT2D eigenvalue weighted by Crippen LogP contribution is -2.41. The van der Waals surface area contributed by atoms with E-state index in [2.05, 4.69) is 5.32 Å². The van der Waals surface area contributed by atoms with E-state index in [9.17, 15) is 31.2 Å². The van der Waals surface area contributed by atoms with Crippen LogP contribution in [-0.4, -0.2) is 37.8 Å². The van der Waals surface area contributed by atoms with E-state index in [0.717, 1.165) is 17.2 Å². The highest BCUT2D eigenvalue weighted by Gasteiger charge is 2.38. The molecule has 206 valence electrons. The number of nitrogens with one attached hydrogen (secondary N) is 1. The molecule has 0 unspecified atom stereocenters. The van der Waals surface area contributed by atoms with Crippen LogP contribution < -0.4 is 5.32 Å². The first-order valence-electron chi connectivity index (χ1n) is 11.8. The normalized spacial score (nSPS) is 15.9. The Hall–Kier alpha value is -3.41. The quantitative estimate of drug-likeness (QED) is 0.371. The van der Waals surface area contributed by atoms with Crippen LogP contribution in [0.1, 0.15) is 34.7 Å². The lowest BCUT2D eigenvalue weighted by atomic mass is 9.92. The highest BCUT2D eigenvalue weighted by Crippen LogP contribution is 2.38. The molecule has 1 N–H and O–H groups in total. The molecule has 0 fully saturated rings. The molecule has 39 heavy (non-hydrogen) atoms. The average Bonchev–Trinajstić information content (AvgIpc) is 2.88. The molecule has 7 nitrogen and oxygen atoms in total. The molecular weight excluding hydrogens is 557 g/mol. The van der Waals surface area contributed by atoms with Crippen LogP contribution in [-0.2, 0) is 36.9 Å². The third-order valence-corrected chi connectivity index (χ3v) is 8.43. The maximum Gasteiger partial charge on any atom is 0.418 e. The number of hydrogen-bond donors (Lipinski definition) is 1. The van der Waals surface area contributed by atoms with Gasteiger partial charge in [-0.25, -0.2) is 8.42 Å². The van der Waals surface area contributed by atoms with Crippen molar-refractivity contribution in [3.63, 3.8) is 0 Å². The number of hydrogen-bond acceptors (Lipinski definition) is 5. The van der Waals surface area contributed by atoms with E-state index < -0.39 is 58.4 Å². The minimum Gasteiger partial charge on any atom is -0.456 e. The van der Waals surface area contributed by atoms with E-state index in [1.54, 1.807) is 24.3 Å². The van der Waals surface area contributed by atoms with Gasteiger partial charge in [-0.2, -0.15) is 17.5 Å². The number of benzene rings is 3. The Labute approximate surface area is 228 Å². The predicted octanol–water partition coefficient (Wildman–Crippen LogP) is 5.53. The number of halogens is 4. The second-order valence-corrected chi connectivity index (χ2v) is 11.3. The second kappa shape index (κ2) is 11.4. The molecule has 1 atom stereocenters. The highest BCUT2D eigenvalue weighted by atomic mass is 35.5. The zero-order valence-electron chi connectivity index (χ0n) is 20.7. The number of carbonyl (C=O) groups is 2. The molecule has 3 aromatic carbocycles. The number of amides is 1. The zero-order valence-corrected chi connectivity index (χ0v) is 22.2. The number of alkyl halides is 3. The first kappa shape index (κ1) is 28.6. The van der Waals surface area contributed by atoms with E-state index >= 15 is 0 Å². The van der Waals surface area contributed by atoms with Crippen LogP contribution >= 0.6 is 11.6 Å². The van der Waals surface area contributed by atoms with E-state index in [0.29, 0.717) is 18.1 Å². The second-order valence-electron chi connectivity index (χ2n) is 8.99. The topological polar surface area (TPSA) is 92.8 Å². The van der Waals surface area contributed by atoms with Gasteiger partial charge in [0.05, 0.1) is 28.6 Å². The van der Waals surface area contributed by atoms with Gasteiger partial charge in [-0.1, -0.05) is 53.6 Å². The molecule has 3 aromatic rings. The fraction of sp³-hybridized carbons (Fsp3) is 0.259. The lowest BCUT2D eigenvalue weighted by Gasteiger charge is -2.36. The largest absolute Gasteiger partial charge is 0.456 e. The van der Waals surface area contributed by atoms with E-state index in [1.807, 2.05) is 19.1 Å². The van der Waals surface area contributed by atoms with Crippen LogP contribution in [0.15, 0.2) is 71.6 Å². The SMILES string of the molecule is Cc1ccc(S(=O)(=O)N2CCc3ccccc3[C@@H]2CC(=O)OCC(=O)Nc2ccc(Cl)cc2C(F)(F)F)cc1. The van der Waals surface area contributed by atoms with Gasteiger partial charge in [-0.3, -0.25) is 9.59 Å². The first-order chi connectivity index (χ1) is 18.4. The van der Waals surface area contributed by atoms with Crippen molar-refractivity contribution in [3.8, 4) is 0 Å². The standard InChI is InChI=1S/C27H24ClF3N2O5S/c1-17-6-9-20(10-7-17)39(36,37)33-13-12-18-4-2-3-5-21(18)24(33)15-26(35)38-16-25(34)32-23-11-8-19(28)14-22(23)27(29,30)31/h2-11,14,24H,12-13,15-16H2,1H3,(H,32,34)/t24-/m0/s1. The van der Waals surface area contributed by atoms with Crippen molar-refractivity contribution in [2.45, 2.75) is 36.9 Å². The Morgan fingerprint density at radius 2 is 1.77 bits per heavy atom. The Bertz CT molecular complexity index is 1490. The number of anilines is 1. The van der Waals surface area contributed by atoms with Crippen molar-refractivity contribution in [3.05, 3.63) is 94.0 Å². The summed E-state index contributed by atoms with van der Waals surface area (Å²) in [5, 5.41) is 1.91. The lowest BCUT2D eigenvalue weighted by molar-refractivity contribution is -0.148. The molecule has 0 aromatic heterocycles. The molecule has 0 saturated heterocycles. The number of rotatable bonds is 7. The first-order valence-corrected chi connectivity index (χ1v) is 13.7. The highest BCUT2D eigenvalue weighted by molar-refractivity contribution is 7.89. The summed E-state index contributed by atoms with van der Waals surface area (Å²) in [4.78, 5) is 25.2. The number of aryl methyl sites for hydroxylation is 1. The monoisotopic (exact) mass is 580 g/mol. The Kier molecular flexibility index (Phi) is 8.34. The number of fused-ring (bicyclic) bond motifs is 1. The molecular formula is C27H24ClF3N2O5S. The minimum absolute atomic E-state index is 0.0775. The Balaban J connectivity index is 1.49. The fourth-order valence-corrected chi connectivity index (χ4v) is 6.16. The summed E-state index contributed by atoms with van der Waals surface area (Å²) in [6.45, 7) is 1.10. The van der Waals surface area contributed by atoms with Gasteiger partial charge in [0, 0.05) is 11.6 Å². The minimum atomic E-state index is -4.77. The Morgan fingerprint density at radius 1 is 1.08 bits per heavy atom. The van der Waals surface area contributed by atoms with E-state index in [1.165, 1.54) is 22.5 Å². The summed E-state index contributed by atoms with van der Waals surface area (Å²) in [6.07, 6.45) is -4.73. The van der Waals surface area contributed by atoms with Gasteiger partial charge in [0.25, 0.3) is 5.91 Å². The van der Waals surface area contributed by atoms with Crippen molar-refractivity contribution in [1.29, 1.82) is 0 Å². The van der Waals surface area contributed by atoms with Crippen LogP contribution in [0.3, 0.4) is 0 Å². The van der Waals surface area contributed by atoms with Crippen LogP contribution in [0.25, 0.3) is 0 Å². The van der Waals surface area contributed by atoms with Crippen molar-refractivity contribution < 1.29 is 35.9 Å². The van der Waals surface area contributed by atoms with Crippen molar-refractivity contribution >= 4 is 39.2 Å². The van der Waals surface area contributed by atoms with Crippen LogP contribution in [0, 0.1) is 6.92 Å². The van der Waals surface area contributed by atoms with Gasteiger partial charge in [0.1, 0.15) is 0 Å². The molecule has 0 bridgehead atoms. The Morgan fingerprint density at radius 3 is 2.46 bits per heavy atom. The van der Waals surface area contributed by atoms with Crippen molar-refractivity contribution in [2.75, 3.05) is 18.5 Å².